The minimum atomic E-state index is -0.474. The monoisotopic (exact) mass is 1570 g/mol. The number of hydrogen-bond acceptors (Lipinski definition) is 25. The molecule has 0 unspecified atom stereocenters. The van der Waals surface area contributed by atoms with Gasteiger partial charge in [-0.25, -0.2) is 15.0 Å². The molecule has 0 atom stereocenters. The number of aromatic nitrogens is 6. The van der Waals surface area contributed by atoms with E-state index in [9.17, 15) is 28.8 Å². The summed E-state index contributed by atoms with van der Waals surface area (Å²) in [6.45, 7) is 23.4. The van der Waals surface area contributed by atoms with Gasteiger partial charge in [-0.2, -0.15) is 15.0 Å². The number of carbonyl (C=O) groups is 6. The van der Waals surface area contributed by atoms with Crippen molar-refractivity contribution in [3.8, 4) is 17.2 Å². The number of hydrogen-bond donors (Lipinski definition) is 10. The molecule has 9 aromatic rings. The molecule has 6 aromatic carbocycles. The minimum Gasteiger partial charge on any atom is -0.494 e. The molecular weight excluding hydrogens is 1490 g/mol. The normalized spacial score (nSPS) is 13.1. The molecule has 3 saturated heterocycles. The van der Waals surface area contributed by atoms with Crippen LogP contribution < -0.4 is 76.8 Å². The Hall–Kier alpha value is -13.3. The quantitative estimate of drug-likeness (QED) is 0.0238. The molecule has 3 aliphatic heterocycles. The Morgan fingerprint density at radius 3 is 1.11 bits per heavy atom. The number of benzene rings is 6. The average Bonchev–Trinajstić information content (AvgIpc) is 1.12. The van der Waals surface area contributed by atoms with Crippen LogP contribution >= 0.6 is 23.2 Å². The van der Waals surface area contributed by atoms with Gasteiger partial charge in [0.2, 0.25) is 53.3 Å². The van der Waals surface area contributed by atoms with E-state index in [1.165, 1.54) is 30.6 Å². The summed E-state index contributed by atoms with van der Waals surface area (Å²) >= 11 is 12.7. The van der Waals surface area contributed by atoms with E-state index < -0.39 is 6.61 Å². The molecule has 6 heterocycles. The topological polar surface area (TPSA) is 355 Å². The number of ether oxygens (including phenoxy) is 3. The van der Waals surface area contributed by atoms with E-state index in [4.69, 9.17) is 42.5 Å². The SMILES string of the molecule is C=CC(=O)Nc1cccc(Nc2nc(Nc3ccc(N4CCCN(C(C)=O)CC4)cc3OC)ncc2C)c1.C=CC(=O)Nc1cccc(Nc2nc(Nc3ccc(N4CCN(C(=O)CO)CC4)cc3OC)ncc2Cl)c1.C=CC(=O)Nc1cccc(Nc2nc(Nc3ccc(N4CCN(C(C)=O)CC4)cc3OC)ncc2Cl)c1. The van der Waals surface area contributed by atoms with Crippen LogP contribution in [-0.2, 0) is 28.8 Å². The van der Waals surface area contributed by atoms with Crippen LogP contribution in [0.2, 0.25) is 10.0 Å². The number of nitrogens with one attached hydrogen (secondary N) is 9. The van der Waals surface area contributed by atoms with Crippen LogP contribution in [0.3, 0.4) is 0 Å². The second-order valence-electron chi connectivity index (χ2n) is 25.6. The Balaban J connectivity index is 0.000000180. The van der Waals surface area contributed by atoms with Gasteiger partial charge >= 0.3 is 0 Å². The van der Waals surface area contributed by atoms with Gasteiger partial charge in [0.1, 0.15) is 39.7 Å². The molecule has 0 spiro atoms. The number of aliphatic hydroxyl groups is 1. The van der Waals surface area contributed by atoms with Crippen molar-refractivity contribution in [3.05, 3.63) is 200 Å². The molecule has 31 nitrogen and oxygen atoms in total. The van der Waals surface area contributed by atoms with Crippen molar-refractivity contribution >= 4 is 162 Å². The summed E-state index contributed by atoms with van der Waals surface area (Å²) < 4.78 is 16.9. The fourth-order valence-electron chi connectivity index (χ4n) is 12.1. The van der Waals surface area contributed by atoms with Crippen LogP contribution in [0.1, 0.15) is 25.8 Å². The number of rotatable bonds is 25. The predicted molar refractivity (Wildman–Crippen MR) is 445 cm³/mol. The van der Waals surface area contributed by atoms with Gasteiger partial charge in [0, 0.05) is 174 Å². The Kier molecular flexibility index (Phi) is 29.0. The Bertz CT molecular complexity index is 4930. The van der Waals surface area contributed by atoms with E-state index in [-0.39, 0.29) is 35.4 Å². The Labute approximate surface area is 664 Å². The lowest BCUT2D eigenvalue weighted by atomic mass is 10.2. The highest BCUT2D eigenvalue weighted by Crippen LogP contribution is 2.37. The van der Waals surface area contributed by atoms with Gasteiger partial charge in [-0.1, -0.05) is 61.1 Å². The molecule has 0 aliphatic carbocycles. The highest BCUT2D eigenvalue weighted by atomic mass is 35.5. The minimum absolute atomic E-state index is 0.0979. The fraction of sp³-hybridized carbons (Fsp3) is 0.250. The largest absolute Gasteiger partial charge is 0.494 e. The van der Waals surface area contributed by atoms with Crippen molar-refractivity contribution in [1.82, 2.24) is 44.6 Å². The lowest BCUT2D eigenvalue weighted by Crippen LogP contribution is -2.49. The van der Waals surface area contributed by atoms with Crippen LogP contribution in [0.5, 0.6) is 17.2 Å². The molecule has 10 N–H and O–H groups in total. The molecule has 3 aromatic heterocycles. The van der Waals surface area contributed by atoms with Gasteiger partial charge in [-0.05, 0) is 123 Å². The molecular formula is C80H89Cl2N21O10. The molecule has 3 aliphatic rings. The van der Waals surface area contributed by atoms with Gasteiger partial charge in [0.15, 0.2) is 11.6 Å². The van der Waals surface area contributed by atoms with E-state index in [0.29, 0.717) is 148 Å². The zero-order valence-electron chi connectivity index (χ0n) is 63.4. The number of piperazine rings is 2. The van der Waals surface area contributed by atoms with Crippen molar-refractivity contribution in [2.24, 2.45) is 0 Å². The van der Waals surface area contributed by atoms with Crippen LogP contribution in [-0.4, -0.2) is 192 Å². The summed E-state index contributed by atoms with van der Waals surface area (Å²) in [5.74, 6) is 3.38. The molecule has 0 saturated carbocycles. The first kappa shape index (κ1) is 82.2. The van der Waals surface area contributed by atoms with Gasteiger partial charge in [-0.3, -0.25) is 28.8 Å². The molecule has 113 heavy (non-hydrogen) atoms. The molecule has 0 radical (unpaired) electrons. The number of nitrogens with zero attached hydrogens (tertiary/aromatic N) is 12. The van der Waals surface area contributed by atoms with Crippen molar-refractivity contribution in [2.45, 2.75) is 27.2 Å². The fourth-order valence-corrected chi connectivity index (χ4v) is 12.3. The van der Waals surface area contributed by atoms with Crippen LogP contribution in [0.15, 0.2) is 184 Å². The maximum atomic E-state index is 11.8. The summed E-state index contributed by atoms with van der Waals surface area (Å²) in [4.78, 5) is 109. The number of halogens is 2. The van der Waals surface area contributed by atoms with Gasteiger partial charge < -0.3 is 96.6 Å². The van der Waals surface area contributed by atoms with Gasteiger partial charge in [0.05, 0.1) is 50.8 Å². The van der Waals surface area contributed by atoms with Gasteiger partial charge in [-0.15, -0.1) is 0 Å². The predicted octanol–water partition coefficient (Wildman–Crippen LogP) is 12.3. The summed E-state index contributed by atoms with van der Waals surface area (Å²) in [5, 5.41) is 37.1. The first-order valence-electron chi connectivity index (χ1n) is 35.9. The first-order chi connectivity index (χ1) is 54.6. The molecule has 588 valence electrons. The number of anilines is 18. The summed E-state index contributed by atoms with van der Waals surface area (Å²) in [6, 6.07) is 39.1. The van der Waals surface area contributed by atoms with E-state index in [0.717, 1.165) is 73.1 Å². The smallest absolute Gasteiger partial charge is 0.248 e. The maximum absolute atomic E-state index is 11.8. The second kappa shape index (κ2) is 39.9. The van der Waals surface area contributed by atoms with Crippen molar-refractivity contribution in [3.63, 3.8) is 0 Å². The number of carbonyl (C=O) groups excluding carboxylic acids is 6. The third-order valence-electron chi connectivity index (χ3n) is 18.0. The number of aryl methyl sites for hydroxylation is 1. The Morgan fingerprint density at radius 2 is 0.752 bits per heavy atom. The average molecular weight is 1580 g/mol. The standard InChI is InChI=1S/C28H33N7O3.C26H28ClN7O4.C26H28ClN7O3/c1-5-26(37)30-21-8-6-9-22(16-21)31-27-19(2)18-29-28(33-27)32-24-11-10-23(17-25(24)38-4)35-13-7-12-34(14-15-35)20(3)36;1-3-23(36)29-17-5-4-6-18(13-17)30-25-20(27)15-28-26(32-25)31-21-8-7-19(14-22(21)38-2)33-9-11-34(12-10-33)24(37)16-35;1-4-24(36)29-18-6-5-7-19(14-18)30-25-21(27)16-28-26(32-25)31-22-9-8-20(15-23(22)37-3)34-12-10-33(11-13-34)17(2)35/h5-6,8-11,16-18H,1,7,12-15H2,2-4H3,(H,30,37)(H2,29,31,32,33);3-8,13-15,35H,1,9-12,16H2,2H3,(H,29,36)(H2,28,30,31,32);4-9,14-16H,1,10-13H2,2-3H3,(H,29,36)(H2,28,30,31,32). The molecule has 12 rings (SSSR count). The maximum Gasteiger partial charge on any atom is 0.248 e. The molecule has 6 amide bonds. The molecule has 0 bridgehead atoms. The van der Waals surface area contributed by atoms with E-state index in [1.807, 2.05) is 102 Å². The number of amides is 6. The third kappa shape index (κ3) is 23.2. The highest BCUT2D eigenvalue weighted by Gasteiger charge is 2.25. The lowest BCUT2D eigenvalue weighted by molar-refractivity contribution is -0.134. The van der Waals surface area contributed by atoms with E-state index in [1.54, 1.807) is 88.7 Å². The third-order valence-corrected chi connectivity index (χ3v) is 18.6. The number of methoxy groups -OCH3 is 3. The lowest BCUT2D eigenvalue weighted by Gasteiger charge is -2.36. The number of aliphatic hydroxyl groups excluding tert-OH is 1. The second-order valence-corrected chi connectivity index (χ2v) is 26.4. The van der Waals surface area contributed by atoms with Crippen LogP contribution in [0, 0.1) is 6.92 Å². The summed E-state index contributed by atoms with van der Waals surface area (Å²) in [7, 11) is 4.81. The molecule has 3 fully saturated rings. The van der Waals surface area contributed by atoms with Crippen LogP contribution in [0.4, 0.5) is 104 Å². The molecule has 33 heteroatoms. The van der Waals surface area contributed by atoms with Crippen LogP contribution in [0.25, 0.3) is 0 Å². The van der Waals surface area contributed by atoms with E-state index >= 15 is 0 Å². The van der Waals surface area contributed by atoms with Gasteiger partial charge in [0.25, 0.3) is 0 Å². The van der Waals surface area contributed by atoms with E-state index in [2.05, 4.69) is 112 Å². The first-order valence-corrected chi connectivity index (χ1v) is 36.7. The van der Waals surface area contributed by atoms with Crippen molar-refractivity contribution < 1.29 is 48.1 Å². The van der Waals surface area contributed by atoms with Crippen molar-refractivity contribution in [1.29, 1.82) is 0 Å². The van der Waals surface area contributed by atoms with Crippen molar-refractivity contribution in [2.75, 3.05) is 169 Å². The summed E-state index contributed by atoms with van der Waals surface area (Å²) in [5.41, 5.74) is 9.90. The Morgan fingerprint density at radius 1 is 0.425 bits per heavy atom. The zero-order valence-corrected chi connectivity index (χ0v) is 64.9. The highest BCUT2D eigenvalue weighted by molar-refractivity contribution is 6.33. The zero-order chi connectivity index (χ0) is 80.5. The summed E-state index contributed by atoms with van der Waals surface area (Å²) in [6.07, 6.45) is 9.26.